The summed E-state index contributed by atoms with van der Waals surface area (Å²) in [5.74, 6) is 0.385. The van der Waals surface area contributed by atoms with Gasteiger partial charge in [0, 0.05) is 0 Å². The topological polar surface area (TPSA) is 67.4 Å². The summed E-state index contributed by atoms with van der Waals surface area (Å²) < 4.78 is 5.19. The first-order valence-corrected chi connectivity index (χ1v) is 8.17. The predicted octanol–water partition coefficient (Wildman–Crippen LogP) is 1.35. The van der Waals surface area contributed by atoms with Crippen LogP contribution in [0.2, 0.25) is 0 Å². The van der Waals surface area contributed by atoms with Crippen molar-refractivity contribution in [2.75, 3.05) is 18.6 Å². The zero-order valence-corrected chi connectivity index (χ0v) is 13.9. The van der Waals surface area contributed by atoms with Crippen LogP contribution >= 0.6 is 24.2 Å². The van der Waals surface area contributed by atoms with Crippen LogP contribution < -0.4 is 10.6 Å². The van der Waals surface area contributed by atoms with Crippen molar-refractivity contribution in [3.63, 3.8) is 0 Å². The smallest absolute Gasteiger partial charge is 0.328 e. The van der Waals surface area contributed by atoms with E-state index >= 15 is 0 Å². The second kappa shape index (κ2) is 10.3. The molecule has 0 unspecified atom stereocenters. The number of nitrogens with one attached hydrogen (secondary N) is 2. The summed E-state index contributed by atoms with van der Waals surface area (Å²) in [6.07, 6.45) is 4.26. The molecule has 118 valence electrons. The van der Waals surface area contributed by atoms with E-state index in [0.717, 1.165) is 25.1 Å². The van der Waals surface area contributed by atoms with E-state index in [1.165, 1.54) is 0 Å². The summed E-state index contributed by atoms with van der Waals surface area (Å²) >= 11 is 1.65. The summed E-state index contributed by atoms with van der Waals surface area (Å²) in [5.41, 5.74) is 0. The first-order valence-electron chi connectivity index (χ1n) is 6.77. The summed E-state index contributed by atoms with van der Waals surface area (Å²) in [5, 5.41) is 5.94. The van der Waals surface area contributed by atoms with Gasteiger partial charge < -0.3 is 15.4 Å². The van der Waals surface area contributed by atoms with E-state index in [9.17, 15) is 9.59 Å². The van der Waals surface area contributed by atoms with Crippen molar-refractivity contribution in [1.29, 1.82) is 0 Å². The minimum atomic E-state index is -0.537. The highest BCUT2D eigenvalue weighted by molar-refractivity contribution is 7.98. The molecule has 1 heterocycles. The van der Waals surface area contributed by atoms with E-state index in [1.54, 1.807) is 11.8 Å². The lowest BCUT2D eigenvalue weighted by atomic mass is 10.1. The summed E-state index contributed by atoms with van der Waals surface area (Å²) in [7, 11) is 0. The number of rotatable bonds is 7. The highest BCUT2D eigenvalue weighted by Crippen LogP contribution is 2.08. The third kappa shape index (κ3) is 6.81. The second-order valence-electron chi connectivity index (χ2n) is 4.98. The number of esters is 1. The molecule has 0 bridgehead atoms. The largest absolute Gasteiger partial charge is 0.461 e. The lowest BCUT2D eigenvalue weighted by Crippen LogP contribution is -2.49. The second-order valence-corrected chi connectivity index (χ2v) is 5.96. The van der Waals surface area contributed by atoms with Crippen LogP contribution in [0.5, 0.6) is 0 Å². The maximum absolute atomic E-state index is 12.0. The van der Waals surface area contributed by atoms with Crippen LogP contribution in [0.25, 0.3) is 0 Å². The van der Waals surface area contributed by atoms with Crippen molar-refractivity contribution in [3.05, 3.63) is 0 Å². The lowest BCUT2D eigenvalue weighted by molar-refractivity contribution is -0.151. The van der Waals surface area contributed by atoms with Crippen molar-refractivity contribution < 1.29 is 14.3 Å². The van der Waals surface area contributed by atoms with Gasteiger partial charge >= 0.3 is 5.97 Å². The fourth-order valence-electron chi connectivity index (χ4n) is 1.98. The van der Waals surface area contributed by atoms with Crippen LogP contribution in [0.15, 0.2) is 0 Å². The molecule has 0 aromatic heterocycles. The van der Waals surface area contributed by atoms with Crippen molar-refractivity contribution in [1.82, 2.24) is 10.6 Å². The molecule has 1 saturated heterocycles. The van der Waals surface area contributed by atoms with E-state index < -0.39 is 6.04 Å². The quantitative estimate of drug-likeness (QED) is 0.692. The number of carbonyl (C=O) groups excluding carboxylic acids is 2. The molecule has 0 aromatic rings. The Balaban J connectivity index is 0.00000361. The lowest BCUT2D eigenvalue weighted by Gasteiger charge is -2.20. The van der Waals surface area contributed by atoms with Gasteiger partial charge in [-0.25, -0.2) is 4.79 Å². The fraction of sp³-hybridized carbons (Fsp3) is 0.846. The van der Waals surface area contributed by atoms with E-state index in [1.807, 2.05) is 20.1 Å². The zero-order chi connectivity index (χ0) is 14.3. The van der Waals surface area contributed by atoms with Crippen molar-refractivity contribution >= 4 is 36.0 Å². The maximum Gasteiger partial charge on any atom is 0.328 e. The molecule has 1 aliphatic rings. The van der Waals surface area contributed by atoms with Gasteiger partial charge in [-0.15, -0.1) is 12.4 Å². The number of thioether (sulfide) groups is 1. The monoisotopic (exact) mass is 324 g/mol. The third-order valence-corrected chi connectivity index (χ3v) is 3.58. The molecule has 1 amide bonds. The van der Waals surface area contributed by atoms with Gasteiger partial charge in [0.1, 0.15) is 6.04 Å². The molecule has 0 aliphatic carbocycles. The molecule has 5 nitrogen and oxygen atoms in total. The van der Waals surface area contributed by atoms with Gasteiger partial charge in [-0.2, -0.15) is 11.8 Å². The van der Waals surface area contributed by atoms with Crippen molar-refractivity contribution in [2.24, 2.45) is 0 Å². The molecule has 1 fully saturated rings. The van der Waals surface area contributed by atoms with Gasteiger partial charge in [-0.1, -0.05) is 0 Å². The van der Waals surface area contributed by atoms with Crippen LogP contribution in [0.4, 0.5) is 0 Å². The Hall–Kier alpha value is -0.460. The summed E-state index contributed by atoms with van der Waals surface area (Å²) in [6, 6.07) is -0.701. The van der Waals surface area contributed by atoms with Gasteiger partial charge in [0.05, 0.1) is 12.1 Å². The van der Waals surface area contributed by atoms with Crippen LogP contribution in [0.3, 0.4) is 0 Å². The molecule has 2 N–H and O–H groups in total. The molecular formula is C13H25ClN2O3S. The van der Waals surface area contributed by atoms with E-state index in [4.69, 9.17) is 4.74 Å². The van der Waals surface area contributed by atoms with Crippen LogP contribution in [-0.2, 0) is 14.3 Å². The standard InChI is InChI=1S/C13H24N2O3S.ClH/c1-9(2)18-13(17)11(6-8-19-3)15-12(16)10-5-4-7-14-10;/h9-11,14H,4-8H2,1-3H3,(H,15,16);1H/t10-,11-;/m0./s1. The first-order chi connectivity index (χ1) is 9.04. The molecule has 1 aliphatic heterocycles. The summed E-state index contributed by atoms with van der Waals surface area (Å²) in [4.78, 5) is 24.0. The summed E-state index contributed by atoms with van der Waals surface area (Å²) in [6.45, 7) is 4.48. The molecule has 0 radical (unpaired) electrons. The maximum atomic E-state index is 12.0. The Morgan fingerprint density at radius 3 is 2.65 bits per heavy atom. The highest BCUT2D eigenvalue weighted by Gasteiger charge is 2.28. The van der Waals surface area contributed by atoms with Gasteiger partial charge in [-0.05, 0) is 51.7 Å². The molecule has 0 spiro atoms. The minimum absolute atomic E-state index is 0. The Morgan fingerprint density at radius 1 is 1.45 bits per heavy atom. The number of ether oxygens (including phenoxy) is 1. The average Bonchev–Trinajstić information content (AvgIpc) is 2.86. The normalized spacial score (nSPS) is 19.3. The number of carbonyl (C=O) groups is 2. The van der Waals surface area contributed by atoms with Gasteiger partial charge in [0.2, 0.25) is 5.91 Å². The molecular weight excluding hydrogens is 300 g/mol. The van der Waals surface area contributed by atoms with E-state index in [2.05, 4.69) is 10.6 Å². The first kappa shape index (κ1) is 19.5. The van der Waals surface area contributed by atoms with Gasteiger partial charge in [0.25, 0.3) is 0 Å². The van der Waals surface area contributed by atoms with Gasteiger partial charge in [-0.3, -0.25) is 4.79 Å². The predicted molar refractivity (Wildman–Crippen MR) is 84.4 cm³/mol. The number of hydrogen-bond donors (Lipinski definition) is 2. The Kier molecular flexibility index (Phi) is 10.1. The van der Waals surface area contributed by atoms with Crippen LogP contribution in [0.1, 0.15) is 33.1 Å². The minimum Gasteiger partial charge on any atom is -0.461 e. The molecule has 7 heteroatoms. The molecule has 0 aromatic carbocycles. The Labute approximate surface area is 131 Å². The molecule has 0 saturated carbocycles. The SMILES string of the molecule is CSCC[C@H](NC(=O)[C@@H]1CCCN1)C(=O)OC(C)C.Cl. The Bertz CT molecular complexity index is 310. The van der Waals surface area contributed by atoms with E-state index in [-0.39, 0.29) is 36.4 Å². The van der Waals surface area contributed by atoms with Crippen LogP contribution in [0, 0.1) is 0 Å². The fourth-order valence-corrected chi connectivity index (χ4v) is 2.45. The van der Waals surface area contributed by atoms with Crippen molar-refractivity contribution in [3.8, 4) is 0 Å². The van der Waals surface area contributed by atoms with Crippen molar-refractivity contribution in [2.45, 2.75) is 51.3 Å². The van der Waals surface area contributed by atoms with E-state index in [0.29, 0.717) is 6.42 Å². The molecule has 1 rings (SSSR count). The zero-order valence-electron chi connectivity index (χ0n) is 12.3. The average molecular weight is 325 g/mol. The Morgan fingerprint density at radius 2 is 2.15 bits per heavy atom. The highest BCUT2D eigenvalue weighted by atomic mass is 35.5. The van der Waals surface area contributed by atoms with Gasteiger partial charge in [0.15, 0.2) is 0 Å². The number of amides is 1. The molecule has 2 atom stereocenters. The number of hydrogen-bond acceptors (Lipinski definition) is 5. The third-order valence-electron chi connectivity index (χ3n) is 2.94. The number of halogens is 1. The molecule has 20 heavy (non-hydrogen) atoms. The van der Waals surface area contributed by atoms with Crippen LogP contribution in [-0.4, -0.2) is 48.6 Å².